The van der Waals surface area contributed by atoms with Crippen LogP contribution in [-0.2, 0) is 44.4 Å². The third-order valence-electron chi connectivity index (χ3n) is 8.61. The number of alkyl halides is 1. The monoisotopic (exact) mass is 770 g/mol. The van der Waals surface area contributed by atoms with E-state index in [1.165, 1.54) is 19.1 Å². The topological polar surface area (TPSA) is 212 Å². The van der Waals surface area contributed by atoms with E-state index in [4.69, 9.17) is 28.0 Å². The number of esters is 2. The second kappa shape index (κ2) is 17.8. The second-order valence-corrected chi connectivity index (χ2v) is 15.4. The smallest absolute Gasteiger partial charge is 0.459 e. The van der Waals surface area contributed by atoms with Gasteiger partial charge in [-0.3, -0.25) is 18.7 Å². The molecule has 1 aromatic heterocycles. The van der Waals surface area contributed by atoms with Crippen LogP contribution in [0.25, 0.3) is 0 Å². The fraction of sp³-hybridized carbons (Fsp3) is 0.618. The number of para-hydroxylation sites is 1. The maximum absolute atomic E-state index is 16.2. The van der Waals surface area contributed by atoms with Crippen LogP contribution in [0.2, 0.25) is 0 Å². The Morgan fingerprint density at radius 2 is 1.72 bits per heavy atom. The van der Waals surface area contributed by atoms with Crippen LogP contribution in [0, 0.1) is 5.92 Å². The van der Waals surface area contributed by atoms with E-state index in [0.717, 1.165) is 44.9 Å². The molecular formula is C34H48FN4O13P. The minimum absolute atomic E-state index is 0.0999. The molecule has 0 radical (unpaired) electrons. The average molecular weight is 771 g/mol. The molecule has 1 aliphatic heterocycles. The van der Waals surface area contributed by atoms with Gasteiger partial charge in [0.2, 0.25) is 0 Å². The second-order valence-electron chi connectivity index (χ2n) is 13.7. The lowest BCUT2D eigenvalue weighted by molar-refractivity contribution is -0.151. The molecule has 1 aromatic carbocycles. The number of hydrogen-bond acceptors (Lipinski definition) is 13. The van der Waals surface area contributed by atoms with Gasteiger partial charge in [-0.15, -0.1) is 0 Å². The molecule has 7 atom stereocenters. The summed E-state index contributed by atoms with van der Waals surface area (Å²) in [6, 6.07) is 6.40. The van der Waals surface area contributed by atoms with Crippen LogP contribution in [-0.4, -0.2) is 81.0 Å². The molecule has 19 heteroatoms. The van der Waals surface area contributed by atoms with Crippen molar-refractivity contribution in [3.8, 4) is 5.75 Å². The van der Waals surface area contributed by atoms with Gasteiger partial charge in [0, 0.05) is 12.3 Å². The number of aromatic nitrogens is 2. The van der Waals surface area contributed by atoms with Gasteiger partial charge in [-0.25, -0.2) is 27.9 Å². The molecule has 0 bridgehead atoms. The first kappa shape index (κ1) is 41.7. The number of rotatable bonds is 16. The van der Waals surface area contributed by atoms with Gasteiger partial charge in [-0.1, -0.05) is 32.0 Å². The van der Waals surface area contributed by atoms with Crippen LogP contribution in [0.15, 0.2) is 52.2 Å². The highest BCUT2D eigenvalue weighted by Gasteiger charge is 2.56. The van der Waals surface area contributed by atoms with Crippen LogP contribution in [0.5, 0.6) is 5.75 Å². The molecule has 2 aliphatic rings. The molecule has 2 aromatic rings. The van der Waals surface area contributed by atoms with Crippen molar-refractivity contribution < 1.29 is 56.4 Å². The highest BCUT2D eigenvalue weighted by atomic mass is 31.2. The first-order valence-corrected chi connectivity index (χ1v) is 18.9. The summed E-state index contributed by atoms with van der Waals surface area (Å²) in [5.41, 5.74) is -4.74. The number of alkyl carbamates (subject to hydrolysis) is 1. The van der Waals surface area contributed by atoms with Crippen molar-refractivity contribution >= 4 is 25.8 Å². The number of nitrogens with one attached hydrogen (secondary N) is 2. The lowest BCUT2D eigenvalue weighted by atomic mass is 9.98. The first-order chi connectivity index (χ1) is 24.9. The van der Waals surface area contributed by atoms with Crippen molar-refractivity contribution in [2.75, 3.05) is 6.61 Å². The molecule has 4 rings (SSSR count). The summed E-state index contributed by atoms with van der Waals surface area (Å²) in [5.74, 6) is -2.06. The van der Waals surface area contributed by atoms with Crippen molar-refractivity contribution in [3.63, 3.8) is 0 Å². The Hall–Kier alpha value is -4.09. The zero-order valence-electron chi connectivity index (χ0n) is 30.5. The number of benzene rings is 1. The van der Waals surface area contributed by atoms with Gasteiger partial charge in [0.1, 0.15) is 36.1 Å². The lowest BCUT2D eigenvalue weighted by Gasteiger charge is -2.26. The van der Waals surface area contributed by atoms with Crippen LogP contribution < -0.4 is 26.2 Å². The van der Waals surface area contributed by atoms with Gasteiger partial charge >= 0.3 is 31.5 Å². The molecule has 1 amide bonds. The Kier molecular flexibility index (Phi) is 14.0. The van der Waals surface area contributed by atoms with Crippen molar-refractivity contribution in [2.24, 2.45) is 5.92 Å². The van der Waals surface area contributed by atoms with Gasteiger partial charge in [-0.2, -0.15) is 5.09 Å². The zero-order valence-corrected chi connectivity index (χ0v) is 31.4. The molecule has 294 valence electrons. The quantitative estimate of drug-likeness (QED) is 0.127. The van der Waals surface area contributed by atoms with Crippen LogP contribution in [0.3, 0.4) is 0 Å². The van der Waals surface area contributed by atoms with Crippen LogP contribution in [0.4, 0.5) is 9.18 Å². The van der Waals surface area contributed by atoms with E-state index in [0.29, 0.717) is 9.13 Å². The number of hydrogen-bond donors (Lipinski definition) is 3. The van der Waals surface area contributed by atoms with E-state index in [1.54, 1.807) is 45.9 Å². The molecule has 17 nitrogen and oxygen atoms in total. The summed E-state index contributed by atoms with van der Waals surface area (Å²) in [6.07, 6.45) is -2.64. The van der Waals surface area contributed by atoms with E-state index in [-0.39, 0.29) is 11.9 Å². The maximum Gasteiger partial charge on any atom is 0.459 e. The number of carbonyl (C=O) groups excluding carboxylic acids is 3. The molecule has 1 saturated carbocycles. The molecule has 2 fully saturated rings. The number of amides is 1. The standard InChI is InChI=1S/C34H48FN4O13P/c1-20(2)27(36-32(44)50-23-12-10-11-13-23)30(43)47-19-39-26(40)16-17-38(33(39)45)31-34(6,35)28(41)25(51-31)18-48-53(46,52-24-14-8-7-9-15-24)37-22(5)29(42)49-21(3)4/h7-9,14-17,20-23,25,27-28,31,41H,10-13,18-19H2,1-6H3,(H,36,44)(H,37,46)/t22-,25+,27-,28+,31+,34+,53?/m0/s1. The Bertz CT molecular complexity index is 1750. The number of halogens is 1. The summed E-state index contributed by atoms with van der Waals surface area (Å²) in [5, 5.41) is 15.9. The highest BCUT2D eigenvalue weighted by molar-refractivity contribution is 7.52. The maximum atomic E-state index is 16.2. The third kappa shape index (κ3) is 10.8. The number of aliphatic hydroxyl groups is 1. The third-order valence-corrected chi connectivity index (χ3v) is 10.2. The first-order valence-electron chi connectivity index (χ1n) is 17.4. The summed E-state index contributed by atoms with van der Waals surface area (Å²) < 4.78 is 63.9. The molecule has 0 spiro atoms. The minimum atomic E-state index is -4.44. The Morgan fingerprint density at radius 1 is 1.06 bits per heavy atom. The van der Waals surface area contributed by atoms with E-state index in [9.17, 15) is 33.6 Å². The summed E-state index contributed by atoms with van der Waals surface area (Å²) >= 11 is 0. The van der Waals surface area contributed by atoms with Crippen molar-refractivity contribution in [3.05, 3.63) is 63.4 Å². The van der Waals surface area contributed by atoms with Crippen molar-refractivity contribution in [2.45, 2.75) is 122 Å². The highest BCUT2D eigenvalue weighted by Crippen LogP contribution is 2.47. The van der Waals surface area contributed by atoms with Gasteiger partial charge in [-0.05, 0) is 71.4 Å². The largest absolute Gasteiger partial charge is 0.462 e. The Morgan fingerprint density at radius 3 is 2.34 bits per heavy atom. The van der Waals surface area contributed by atoms with E-state index in [1.807, 2.05) is 0 Å². The van der Waals surface area contributed by atoms with E-state index >= 15 is 4.39 Å². The number of nitrogens with zero attached hydrogens (tertiary/aromatic N) is 2. The molecule has 1 unspecified atom stereocenters. The van der Waals surface area contributed by atoms with Gasteiger partial charge in [0.15, 0.2) is 18.6 Å². The number of carbonyl (C=O) groups is 3. The molecule has 2 heterocycles. The van der Waals surface area contributed by atoms with Gasteiger partial charge in [0.25, 0.3) is 5.56 Å². The minimum Gasteiger partial charge on any atom is -0.462 e. The molecular weight excluding hydrogens is 722 g/mol. The summed E-state index contributed by atoms with van der Waals surface area (Å²) in [4.78, 5) is 64.1. The summed E-state index contributed by atoms with van der Waals surface area (Å²) in [6.45, 7) is 7.24. The van der Waals surface area contributed by atoms with Crippen LogP contribution in [0.1, 0.15) is 73.5 Å². The predicted molar refractivity (Wildman–Crippen MR) is 185 cm³/mol. The molecule has 1 saturated heterocycles. The molecule has 3 N–H and O–H groups in total. The number of ether oxygens (including phenoxy) is 4. The summed E-state index contributed by atoms with van der Waals surface area (Å²) in [7, 11) is -4.44. The number of aliphatic hydroxyl groups excluding tert-OH is 1. The SMILES string of the molecule is CC(C)OC(=O)[C@H](C)NP(=O)(OC[C@H]1O[C@@H](n2ccc(=O)n(COC(=O)[C@@H](NC(=O)OC3CCCC3)C(C)C)c2=O)[C@](C)(F)[C@@H]1O)Oc1ccccc1. The normalized spacial score (nSPS) is 24.0. The predicted octanol–water partition coefficient (Wildman–Crippen LogP) is 3.32. The van der Waals surface area contributed by atoms with E-state index < -0.39 is 98.6 Å². The molecule has 1 aliphatic carbocycles. The van der Waals surface area contributed by atoms with Crippen molar-refractivity contribution in [1.29, 1.82) is 0 Å². The van der Waals surface area contributed by atoms with E-state index in [2.05, 4.69) is 10.4 Å². The Labute approximate surface area is 305 Å². The zero-order chi connectivity index (χ0) is 39.1. The van der Waals surface area contributed by atoms with Gasteiger partial charge < -0.3 is 33.9 Å². The Balaban J connectivity index is 1.48. The fourth-order valence-electron chi connectivity index (χ4n) is 5.72. The fourth-order valence-corrected chi connectivity index (χ4v) is 7.22. The average Bonchev–Trinajstić information content (AvgIpc) is 3.67. The van der Waals surface area contributed by atoms with Crippen LogP contribution >= 0.6 is 7.75 Å². The lowest BCUT2D eigenvalue weighted by Crippen LogP contribution is -2.48. The van der Waals surface area contributed by atoms with Gasteiger partial charge in [0.05, 0.1) is 12.7 Å². The van der Waals surface area contributed by atoms with Crippen molar-refractivity contribution in [1.82, 2.24) is 19.5 Å². The molecule has 53 heavy (non-hydrogen) atoms.